The number of hydrogen-bond donors (Lipinski definition) is 1. The summed E-state index contributed by atoms with van der Waals surface area (Å²) in [6.07, 6.45) is 2.71. The van der Waals surface area contributed by atoms with Gasteiger partial charge in [-0.05, 0) is 24.3 Å². The Morgan fingerprint density at radius 3 is 3.06 bits per heavy atom. The maximum atomic E-state index is 5.54. The Kier molecular flexibility index (Phi) is 2.04. The van der Waals surface area contributed by atoms with Gasteiger partial charge >= 0.3 is 0 Å². The maximum absolute atomic E-state index is 5.54. The first-order valence-corrected chi connectivity index (χ1v) is 6.16. The molecule has 0 fully saturated rings. The summed E-state index contributed by atoms with van der Waals surface area (Å²) in [5, 5.41) is 3.49. The predicted molar refractivity (Wildman–Crippen MR) is 68.3 cm³/mol. The van der Waals surface area contributed by atoms with E-state index in [4.69, 9.17) is 9.40 Å². The van der Waals surface area contributed by atoms with Crippen LogP contribution in [0.15, 0.2) is 47.1 Å². The lowest BCUT2D eigenvalue weighted by molar-refractivity contribution is 0.350. The van der Waals surface area contributed by atoms with E-state index in [0.29, 0.717) is 0 Å². The number of nitrogens with zero attached hydrogens (tertiary/aromatic N) is 2. The van der Waals surface area contributed by atoms with Gasteiger partial charge in [0.15, 0.2) is 0 Å². The lowest BCUT2D eigenvalue weighted by Crippen LogP contribution is -2.35. The second-order valence-electron chi connectivity index (χ2n) is 4.51. The SMILES string of the molecule is c1coc([C@@H]2NCCc3nc4ccccc4n32)c1. The van der Waals surface area contributed by atoms with Crippen LogP contribution in [-0.2, 0) is 6.42 Å². The zero-order valence-corrected chi connectivity index (χ0v) is 9.84. The first-order chi connectivity index (χ1) is 8.93. The number of hydrogen-bond acceptors (Lipinski definition) is 3. The molecule has 3 aromatic rings. The van der Waals surface area contributed by atoms with E-state index < -0.39 is 0 Å². The summed E-state index contributed by atoms with van der Waals surface area (Å²) in [4.78, 5) is 4.69. The average Bonchev–Trinajstić information content (AvgIpc) is 3.05. The van der Waals surface area contributed by atoms with E-state index in [1.807, 2.05) is 24.3 Å². The van der Waals surface area contributed by atoms with Gasteiger partial charge in [0.25, 0.3) is 0 Å². The summed E-state index contributed by atoms with van der Waals surface area (Å²) in [6.45, 7) is 0.925. The number of imidazole rings is 1. The molecule has 2 aromatic heterocycles. The van der Waals surface area contributed by atoms with Gasteiger partial charge in [0.2, 0.25) is 0 Å². The Morgan fingerprint density at radius 2 is 2.17 bits per heavy atom. The highest BCUT2D eigenvalue weighted by Crippen LogP contribution is 2.27. The highest BCUT2D eigenvalue weighted by atomic mass is 16.3. The summed E-state index contributed by atoms with van der Waals surface area (Å²) in [7, 11) is 0. The minimum absolute atomic E-state index is 0.0520. The van der Waals surface area contributed by atoms with Crippen molar-refractivity contribution >= 4 is 11.0 Å². The zero-order valence-electron chi connectivity index (χ0n) is 9.84. The molecule has 0 aliphatic carbocycles. The van der Waals surface area contributed by atoms with Crippen molar-refractivity contribution in [1.29, 1.82) is 0 Å². The molecule has 0 saturated carbocycles. The van der Waals surface area contributed by atoms with Crippen LogP contribution in [-0.4, -0.2) is 16.1 Å². The molecule has 90 valence electrons. The molecule has 1 aliphatic heterocycles. The molecule has 4 nitrogen and oxygen atoms in total. The molecule has 1 aliphatic rings. The number of benzene rings is 1. The van der Waals surface area contributed by atoms with E-state index >= 15 is 0 Å². The molecule has 0 radical (unpaired) electrons. The summed E-state index contributed by atoms with van der Waals surface area (Å²) in [6, 6.07) is 12.2. The zero-order chi connectivity index (χ0) is 11.9. The Morgan fingerprint density at radius 1 is 1.22 bits per heavy atom. The lowest BCUT2D eigenvalue weighted by Gasteiger charge is -2.25. The largest absolute Gasteiger partial charge is 0.466 e. The highest BCUT2D eigenvalue weighted by Gasteiger charge is 2.25. The molecule has 4 rings (SSSR count). The fourth-order valence-electron chi connectivity index (χ4n) is 2.65. The van der Waals surface area contributed by atoms with Crippen LogP contribution >= 0.6 is 0 Å². The number of aromatic nitrogens is 2. The van der Waals surface area contributed by atoms with E-state index in [0.717, 1.165) is 35.6 Å². The van der Waals surface area contributed by atoms with Crippen molar-refractivity contribution in [3.63, 3.8) is 0 Å². The number of nitrogens with one attached hydrogen (secondary N) is 1. The second-order valence-corrected chi connectivity index (χ2v) is 4.51. The minimum atomic E-state index is 0.0520. The van der Waals surface area contributed by atoms with Crippen LogP contribution in [0.4, 0.5) is 0 Å². The second kappa shape index (κ2) is 3.71. The normalized spacial score (nSPS) is 19.0. The first-order valence-electron chi connectivity index (χ1n) is 6.16. The van der Waals surface area contributed by atoms with Gasteiger partial charge in [-0.1, -0.05) is 12.1 Å². The smallest absolute Gasteiger partial charge is 0.145 e. The van der Waals surface area contributed by atoms with Gasteiger partial charge in [-0.15, -0.1) is 0 Å². The molecule has 0 saturated heterocycles. The molecule has 0 spiro atoms. The van der Waals surface area contributed by atoms with E-state index in [1.165, 1.54) is 0 Å². The molecule has 3 heterocycles. The topological polar surface area (TPSA) is 43.0 Å². The van der Waals surface area contributed by atoms with Crippen molar-refractivity contribution < 1.29 is 4.42 Å². The Bertz CT molecular complexity index is 684. The number of fused-ring (bicyclic) bond motifs is 3. The number of furan rings is 1. The van der Waals surface area contributed by atoms with E-state index in [-0.39, 0.29) is 6.17 Å². The molecule has 1 atom stereocenters. The molecule has 18 heavy (non-hydrogen) atoms. The molecular weight excluding hydrogens is 226 g/mol. The molecule has 0 bridgehead atoms. The van der Waals surface area contributed by atoms with Crippen molar-refractivity contribution in [2.45, 2.75) is 12.6 Å². The Balaban J connectivity index is 1.97. The monoisotopic (exact) mass is 239 g/mol. The quantitative estimate of drug-likeness (QED) is 0.708. The van der Waals surface area contributed by atoms with Gasteiger partial charge in [0.1, 0.15) is 17.8 Å². The van der Waals surface area contributed by atoms with Crippen LogP contribution in [0.5, 0.6) is 0 Å². The van der Waals surface area contributed by atoms with Crippen molar-refractivity contribution in [3.05, 3.63) is 54.2 Å². The van der Waals surface area contributed by atoms with Crippen LogP contribution < -0.4 is 5.32 Å². The third kappa shape index (κ3) is 1.32. The summed E-state index contributed by atoms with van der Waals surface area (Å²) in [5.41, 5.74) is 2.20. The van der Waals surface area contributed by atoms with Crippen molar-refractivity contribution in [2.75, 3.05) is 6.54 Å². The molecule has 0 amide bonds. The Labute approximate surface area is 104 Å². The minimum Gasteiger partial charge on any atom is -0.466 e. The number of rotatable bonds is 1. The molecular formula is C14H13N3O. The lowest BCUT2D eigenvalue weighted by atomic mass is 10.2. The van der Waals surface area contributed by atoms with Crippen molar-refractivity contribution in [1.82, 2.24) is 14.9 Å². The van der Waals surface area contributed by atoms with Gasteiger partial charge in [-0.3, -0.25) is 5.32 Å². The van der Waals surface area contributed by atoms with Gasteiger partial charge < -0.3 is 8.98 Å². The summed E-state index contributed by atoms with van der Waals surface area (Å²) < 4.78 is 7.77. The van der Waals surface area contributed by atoms with E-state index in [2.05, 4.69) is 22.0 Å². The first kappa shape index (κ1) is 9.91. The van der Waals surface area contributed by atoms with E-state index in [1.54, 1.807) is 6.26 Å². The van der Waals surface area contributed by atoms with Crippen molar-refractivity contribution in [2.24, 2.45) is 0 Å². The Hall–Kier alpha value is -2.07. The summed E-state index contributed by atoms with van der Waals surface area (Å²) >= 11 is 0. The van der Waals surface area contributed by atoms with Crippen molar-refractivity contribution in [3.8, 4) is 0 Å². The van der Waals surface area contributed by atoms with Gasteiger partial charge in [-0.25, -0.2) is 4.98 Å². The fourth-order valence-corrected chi connectivity index (χ4v) is 2.65. The average molecular weight is 239 g/mol. The third-order valence-corrected chi connectivity index (χ3v) is 3.43. The van der Waals surface area contributed by atoms with E-state index in [9.17, 15) is 0 Å². The van der Waals surface area contributed by atoms with Crippen LogP contribution in [0.1, 0.15) is 17.8 Å². The highest BCUT2D eigenvalue weighted by molar-refractivity contribution is 5.76. The fraction of sp³-hybridized carbons (Fsp3) is 0.214. The number of para-hydroxylation sites is 2. The standard InChI is InChI=1S/C14H13N3O/c1-2-5-11-10(4-1)16-13-7-8-15-14(17(11)13)12-6-3-9-18-12/h1-6,9,14-15H,7-8H2/t14-/m1/s1. The molecule has 4 heteroatoms. The maximum Gasteiger partial charge on any atom is 0.145 e. The third-order valence-electron chi connectivity index (χ3n) is 3.43. The molecule has 0 unspecified atom stereocenters. The van der Waals surface area contributed by atoms with Crippen LogP contribution in [0, 0.1) is 0 Å². The van der Waals surface area contributed by atoms with Crippen LogP contribution in [0.3, 0.4) is 0 Å². The predicted octanol–water partition coefficient (Wildman–Crippen LogP) is 2.32. The van der Waals surface area contributed by atoms with Gasteiger partial charge in [0.05, 0.1) is 17.3 Å². The van der Waals surface area contributed by atoms with Gasteiger partial charge in [0, 0.05) is 13.0 Å². The van der Waals surface area contributed by atoms with Gasteiger partial charge in [-0.2, -0.15) is 0 Å². The summed E-state index contributed by atoms with van der Waals surface area (Å²) in [5.74, 6) is 2.05. The van der Waals surface area contributed by atoms with Crippen LogP contribution in [0.2, 0.25) is 0 Å². The molecule has 1 aromatic carbocycles. The molecule has 1 N–H and O–H groups in total. The van der Waals surface area contributed by atoms with Crippen LogP contribution in [0.25, 0.3) is 11.0 Å².